The van der Waals surface area contributed by atoms with Gasteiger partial charge in [0.15, 0.2) is 0 Å². The standard InChI is InChI=1S/C12H28N2O2S/c1-6-14(17(5,15)16)11-7-9-13-10-8-12(2,3)4/h13H,6-11H2,1-5H3. The van der Waals surface area contributed by atoms with Crippen molar-refractivity contribution in [1.29, 1.82) is 0 Å². The molecule has 0 spiro atoms. The Morgan fingerprint density at radius 2 is 1.76 bits per heavy atom. The van der Waals surface area contributed by atoms with E-state index in [0.717, 1.165) is 25.9 Å². The quantitative estimate of drug-likeness (QED) is 0.679. The first-order valence-corrected chi connectivity index (χ1v) is 8.17. The van der Waals surface area contributed by atoms with Crippen LogP contribution in [0.4, 0.5) is 0 Å². The Kier molecular flexibility index (Phi) is 7.28. The Morgan fingerprint density at radius 3 is 2.18 bits per heavy atom. The maximum Gasteiger partial charge on any atom is 0.211 e. The number of nitrogens with one attached hydrogen (secondary N) is 1. The van der Waals surface area contributed by atoms with E-state index in [9.17, 15) is 8.42 Å². The van der Waals surface area contributed by atoms with Gasteiger partial charge in [-0.1, -0.05) is 27.7 Å². The van der Waals surface area contributed by atoms with E-state index in [0.29, 0.717) is 18.5 Å². The molecule has 104 valence electrons. The van der Waals surface area contributed by atoms with Crippen LogP contribution in [0.25, 0.3) is 0 Å². The van der Waals surface area contributed by atoms with E-state index in [4.69, 9.17) is 0 Å². The molecule has 0 radical (unpaired) electrons. The Labute approximate surface area is 107 Å². The highest BCUT2D eigenvalue weighted by molar-refractivity contribution is 7.88. The molecule has 0 amide bonds. The lowest BCUT2D eigenvalue weighted by atomic mass is 9.92. The third-order valence-electron chi connectivity index (χ3n) is 2.63. The highest BCUT2D eigenvalue weighted by atomic mass is 32.2. The first kappa shape index (κ1) is 16.9. The van der Waals surface area contributed by atoms with Gasteiger partial charge < -0.3 is 5.32 Å². The van der Waals surface area contributed by atoms with Crippen molar-refractivity contribution in [2.24, 2.45) is 5.41 Å². The summed E-state index contributed by atoms with van der Waals surface area (Å²) in [7, 11) is -3.03. The van der Waals surface area contributed by atoms with Crippen molar-refractivity contribution in [2.75, 3.05) is 32.4 Å². The number of hydrogen-bond acceptors (Lipinski definition) is 3. The van der Waals surface area contributed by atoms with E-state index < -0.39 is 10.0 Å². The van der Waals surface area contributed by atoms with Gasteiger partial charge in [0.2, 0.25) is 10.0 Å². The summed E-state index contributed by atoms with van der Waals surface area (Å²) in [5, 5.41) is 3.35. The summed E-state index contributed by atoms with van der Waals surface area (Å²) in [6.45, 7) is 11.6. The van der Waals surface area contributed by atoms with E-state index in [-0.39, 0.29) is 0 Å². The highest BCUT2D eigenvalue weighted by Crippen LogP contribution is 2.16. The molecule has 0 heterocycles. The first-order chi connectivity index (χ1) is 7.67. The second-order valence-electron chi connectivity index (χ2n) is 5.67. The van der Waals surface area contributed by atoms with Gasteiger partial charge in [0.25, 0.3) is 0 Å². The van der Waals surface area contributed by atoms with Crippen molar-refractivity contribution in [3.63, 3.8) is 0 Å². The predicted octanol–water partition coefficient (Wildman–Crippen LogP) is 1.68. The van der Waals surface area contributed by atoms with Crippen molar-refractivity contribution in [1.82, 2.24) is 9.62 Å². The summed E-state index contributed by atoms with van der Waals surface area (Å²) >= 11 is 0. The molecular formula is C12H28N2O2S. The minimum absolute atomic E-state index is 0.356. The van der Waals surface area contributed by atoms with Crippen LogP contribution in [0.15, 0.2) is 0 Å². The molecule has 0 aromatic heterocycles. The lowest BCUT2D eigenvalue weighted by molar-refractivity contribution is 0.362. The molecule has 0 saturated carbocycles. The van der Waals surface area contributed by atoms with Crippen molar-refractivity contribution in [3.05, 3.63) is 0 Å². The molecule has 0 atom stereocenters. The molecule has 0 fully saturated rings. The molecule has 0 aliphatic rings. The van der Waals surface area contributed by atoms with Crippen molar-refractivity contribution in [2.45, 2.75) is 40.5 Å². The van der Waals surface area contributed by atoms with Crippen molar-refractivity contribution in [3.8, 4) is 0 Å². The molecule has 0 aromatic rings. The minimum atomic E-state index is -3.03. The predicted molar refractivity (Wildman–Crippen MR) is 73.6 cm³/mol. The second kappa shape index (κ2) is 7.34. The summed E-state index contributed by atoms with van der Waals surface area (Å²) in [4.78, 5) is 0. The number of nitrogens with zero attached hydrogens (tertiary/aromatic N) is 1. The zero-order chi connectivity index (χ0) is 13.5. The average Bonchev–Trinajstić information content (AvgIpc) is 2.12. The zero-order valence-electron chi connectivity index (χ0n) is 11.9. The van der Waals surface area contributed by atoms with Crippen LogP contribution in [0.3, 0.4) is 0 Å². The number of rotatable bonds is 8. The monoisotopic (exact) mass is 264 g/mol. The van der Waals surface area contributed by atoms with Crippen LogP contribution in [0, 0.1) is 5.41 Å². The Bertz CT molecular complexity index is 294. The molecule has 4 nitrogen and oxygen atoms in total. The van der Waals surface area contributed by atoms with E-state index >= 15 is 0 Å². The van der Waals surface area contributed by atoms with E-state index in [1.807, 2.05) is 6.92 Å². The van der Waals surface area contributed by atoms with Crippen LogP contribution >= 0.6 is 0 Å². The van der Waals surface area contributed by atoms with Crippen molar-refractivity contribution >= 4 is 10.0 Å². The van der Waals surface area contributed by atoms with Gasteiger partial charge in [-0.15, -0.1) is 0 Å². The van der Waals surface area contributed by atoms with Crippen LogP contribution in [0.2, 0.25) is 0 Å². The number of hydrogen-bond donors (Lipinski definition) is 1. The second-order valence-corrected chi connectivity index (χ2v) is 7.65. The average molecular weight is 264 g/mol. The molecule has 0 unspecified atom stereocenters. The fourth-order valence-corrected chi connectivity index (χ4v) is 2.46. The van der Waals surface area contributed by atoms with Gasteiger partial charge in [-0.2, -0.15) is 0 Å². The summed E-state index contributed by atoms with van der Waals surface area (Å²) in [5.41, 5.74) is 0.356. The molecule has 17 heavy (non-hydrogen) atoms. The van der Waals surface area contributed by atoms with Crippen LogP contribution in [0.5, 0.6) is 0 Å². The molecule has 0 rings (SSSR count). The normalized spacial score (nSPS) is 13.3. The van der Waals surface area contributed by atoms with Crippen molar-refractivity contribution < 1.29 is 8.42 Å². The summed E-state index contributed by atoms with van der Waals surface area (Å²) in [6, 6.07) is 0. The number of sulfonamides is 1. The van der Waals surface area contributed by atoms with E-state index in [2.05, 4.69) is 26.1 Å². The van der Waals surface area contributed by atoms with Gasteiger partial charge in [-0.05, 0) is 31.3 Å². The van der Waals surface area contributed by atoms with Gasteiger partial charge in [0.05, 0.1) is 6.26 Å². The molecule has 0 aliphatic heterocycles. The van der Waals surface area contributed by atoms with Crippen LogP contribution < -0.4 is 5.32 Å². The summed E-state index contributed by atoms with van der Waals surface area (Å²) in [5.74, 6) is 0. The molecule has 0 saturated heterocycles. The van der Waals surface area contributed by atoms with Gasteiger partial charge in [-0.3, -0.25) is 0 Å². The summed E-state index contributed by atoms with van der Waals surface area (Å²) in [6.07, 6.45) is 3.27. The molecule has 0 aliphatic carbocycles. The van der Waals surface area contributed by atoms with E-state index in [1.165, 1.54) is 10.6 Å². The third kappa shape index (κ3) is 9.56. The Morgan fingerprint density at radius 1 is 1.18 bits per heavy atom. The Hall–Kier alpha value is -0.130. The fraction of sp³-hybridized carbons (Fsp3) is 1.00. The van der Waals surface area contributed by atoms with Gasteiger partial charge in [-0.25, -0.2) is 12.7 Å². The maximum absolute atomic E-state index is 11.3. The van der Waals surface area contributed by atoms with Crippen LogP contribution in [0.1, 0.15) is 40.5 Å². The van der Waals surface area contributed by atoms with Gasteiger partial charge in [0.1, 0.15) is 0 Å². The maximum atomic E-state index is 11.3. The molecule has 5 heteroatoms. The minimum Gasteiger partial charge on any atom is -0.317 e. The molecule has 0 aromatic carbocycles. The molecule has 1 N–H and O–H groups in total. The lowest BCUT2D eigenvalue weighted by Gasteiger charge is -2.19. The zero-order valence-corrected chi connectivity index (χ0v) is 12.7. The molecule has 0 bridgehead atoms. The van der Waals surface area contributed by atoms with Gasteiger partial charge >= 0.3 is 0 Å². The molecular weight excluding hydrogens is 236 g/mol. The SMILES string of the molecule is CCN(CCCNCCC(C)(C)C)S(C)(=O)=O. The van der Waals surface area contributed by atoms with E-state index in [1.54, 1.807) is 0 Å². The largest absolute Gasteiger partial charge is 0.317 e. The van der Waals surface area contributed by atoms with Gasteiger partial charge in [0, 0.05) is 13.1 Å². The fourth-order valence-electron chi connectivity index (χ4n) is 1.53. The lowest BCUT2D eigenvalue weighted by Crippen LogP contribution is -2.32. The topological polar surface area (TPSA) is 49.4 Å². The van der Waals surface area contributed by atoms with Crippen LogP contribution in [-0.2, 0) is 10.0 Å². The first-order valence-electron chi connectivity index (χ1n) is 6.32. The van der Waals surface area contributed by atoms with Crippen LogP contribution in [-0.4, -0.2) is 45.2 Å². The smallest absolute Gasteiger partial charge is 0.211 e. The third-order valence-corrected chi connectivity index (χ3v) is 4.01. The Balaban J connectivity index is 3.64. The highest BCUT2D eigenvalue weighted by Gasteiger charge is 2.13. The summed E-state index contributed by atoms with van der Waals surface area (Å²) < 4.78 is 24.2.